The first-order chi connectivity index (χ1) is 8.58. The lowest BCUT2D eigenvalue weighted by molar-refractivity contribution is 0.0221. The largest absolute Gasteiger partial charge is 0.507 e. The van der Waals surface area contributed by atoms with Gasteiger partial charge in [0.1, 0.15) is 17.4 Å². The van der Waals surface area contributed by atoms with Crippen molar-refractivity contribution >= 4 is 5.97 Å². The summed E-state index contributed by atoms with van der Waals surface area (Å²) in [4.78, 5) is 11.8. The van der Waals surface area contributed by atoms with Crippen molar-refractivity contribution in [3.05, 3.63) is 29.3 Å². The molecule has 98 valence electrons. The Bertz CT molecular complexity index is 439. The van der Waals surface area contributed by atoms with E-state index in [1.807, 2.05) is 6.07 Å². The van der Waals surface area contributed by atoms with E-state index in [4.69, 9.17) is 4.74 Å². The summed E-state index contributed by atoms with van der Waals surface area (Å²) in [5.41, 5.74) is 1.14. The summed E-state index contributed by atoms with van der Waals surface area (Å²) in [5.74, 6) is -0.462. The number of aliphatic hydroxyl groups is 1. The van der Waals surface area contributed by atoms with Crippen LogP contribution in [0.1, 0.15) is 42.1 Å². The molecular weight excluding hydrogens is 232 g/mol. The fourth-order valence-corrected chi connectivity index (χ4v) is 2.29. The molecule has 1 heterocycles. The lowest BCUT2D eigenvalue weighted by atomic mass is 9.95. The van der Waals surface area contributed by atoms with Gasteiger partial charge < -0.3 is 14.9 Å². The van der Waals surface area contributed by atoms with Crippen LogP contribution in [0, 0.1) is 0 Å². The van der Waals surface area contributed by atoms with Crippen molar-refractivity contribution < 1.29 is 19.7 Å². The summed E-state index contributed by atoms with van der Waals surface area (Å²) in [6, 6.07) is 5.07. The first kappa shape index (κ1) is 12.9. The standard InChI is InChI=1S/C14H18O4/c1-9(15)4-2-6-11-8-10-5-3-7-12(16)13(10)14(17)18-11/h3,5,7,9,11,15-16H,2,4,6,8H2,1H3/t9-,11-/m0/s1. The first-order valence-electron chi connectivity index (χ1n) is 6.28. The summed E-state index contributed by atoms with van der Waals surface area (Å²) < 4.78 is 5.29. The second-order valence-electron chi connectivity index (χ2n) is 4.82. The second-order valence-corrected chi connectivity index (χ2v) is 4.82. The fourth-order valence-electron chi connectivity index (χ4n) is 2.29. The van der Waals surface area contributed by atoms with Gasteiger partial charge in [-0.25, -0.2) is 4.79 Å². The smallest absolute Gasteiger partial charge is 0.342 e. The van der Waals surface area contributed by atoms with Crippen LogP contribution in [0.2, 0.25) is 0 Å². The maximum absolute atomic E-state index is 11.8. The number of carbonyl (C=O) groups excluding carboxylic acids is 1. The van der Waals surface area contributed by atoms with Crippen molar-refractivity contribution in [3.63, 3.8) is 0 Å². The molecule has 0 bridgehead atoms. The van der Waals surface area contributed by atoms with Crippen LogP contribution in [0.4, 0.5) is 0 Å². The number of phenolic OH excluding ortho intramolecular Hbond substituents is 1. The van der Waals surface area contributed by atoms with Crippen molar-refractivity contribution in [1.82, 2.24) is 0 Å². The molecule has 2 atom stereocenters. The SMILES string of the molecule is C[C@H](O)CCC[C@H]1Cc2cccc(O)c2C(=O)O1. The zero-order chi connectivity index (χ0) is 13.1. The van der Waals surface area contributed by atoms with E-state index in [9.17, 15) is 15.0 Å². The molecule has 1 aliphatic rings. The Hall–Kier alpha value is -1.55. The number of hydrogen-bond acceptors (Lipinski definition) is 4. The van der Waals surface area contributed by atoms with Gasteiger partial charge >= 0.3 is 5.97 Å². The van der Waals surface area contributed by atoms with Crippen LogP contribution in [-0.2, 0) is 11.2 Å². The van der Waals surface area contributed by atoms with Gasteiger partial charge in [0.25, 0.3) is 0 Å². The molecule has 0 radical (unpaired) electrons. The molecule has 1 aromatic rings. The third-order valence-corrected chi connectivity index (χ3v) is 3.20. The van der Waals surface area contributed by atoms with Gasteiger partial charge in [-0.3, -0.25) is 0 Å². The highest BCUT2D eigenvalue weighted by Gasteiger charge is 2.28. The number of carbonyl (C=O) groups is 1. The van der Waals surface area contributed by atoms with Crippen molar-refractivity contribution in [2.45, 2.75) is 44.8 Å². The number of benzene rings is 1. The van der Waals surface area contributed by atoms with Crippen LogP contribution >= 0.6 is 0 Å². The number of fused-ring (bicyclic) bond motifs is 1. The number of ether oxygens (including phenoxy) is 1. The number of esters is 1. The number of aliphatic hydroxyl groups excluding tert-OH is 1. The summed E-state index contributed by atoms with van der Waals surface area (Å²) >= 11 is 0. The Labute approximate surface area is 106 Å². The average Bonchev–Trinajstić information content (AvgIpc) is 2.28. The van der Waals surface area contributed by atoms with Crippen LogP contribution in [-0.4, -0.2) is 28.4 Å². The van der Waals surface area contributed by atoms with Crippen LogP contribution in [0.25, 0.3) is 0 Å². The highest BCUT2D eigenvalue weighted by atomic mass is 16.5. The molecule has 0 saturated carbocycles. The molecule has 2 N–H and O–H groups in total. The van der Waals surface area contributed by atoms with E-state index in [0.717, 1.165) is 18.4 Å². The van der Waals surface area contributed by atoms with Gasteiger partial charge in [-0.15, -0.1) is 0 Å². The highest BCUT2D eigenvalue weighted by molar-refractivity contribution is 5.95. The predicted octanol–water partition coefficient (Wildman–Crippen LogP) is 2.02. The molecule has 4 heteroatoms. The minimum atomic E-state index is -0.448. The molecule has 1 aliphatic heterocycles. The number of aromatic hydroxyl groups is 1. The van der Waals surface area contributed by atoms with Crippen LogP contribution in [0.3, 0.4) is 0 Å². The zero-order valence-electron chi connectivity index (χ0n) is 10.4. The Morgan fingerprint density at radius 2 is 2.28 bits per heavy atom. The molecule has 0 fully saturated rings. The summed E-state index contributed by atoms with van der Waals surface area (Å²) in [6.45, 7) is 1.75. The fraction of sp³-hybridized carbons (Fsp3) is 0.500. The lowest BCUT2D eigenvalue weighted by Crippen LogP contribution is -2.27. The molecular formula is C14H18O4. The Morgan fingerprint density at radius 1 is 1.50 bits per heavy atom. The topological polar surface area (TPSA) is 66.8 Å². The molecule has 0 saturated heterocycles. The molecule has 0 aromatic heterocycles. The third-order valence-electron chi connectivity index (χ3n) is 3.20. The average molecular weight is 250 g/mol. The maximum Gasteiger partial charge on any atom is 0.342 e. The van der Waals surface area contributed by atoms with E-state index in [1.54, 1.807) is 13.0 Å². The molecule has 0 spiro atoms. The maximum atomic E-state index is 11.8. The van der Waals surface area contributed by atoms with E-state index < -0.39 is 5.97 Å². The molecule has 1 aromatic carbocycles. The number of cyclic esters (lactones) is 1. The molecule has 0 aliphatic carbocycles. The quantitative estimate of drug-likeness (QED) is 0.802. The number of rotatable bonds is 4. The van der Waals surface area contributed by atoms with Crippen molar-refractivity contribution in [3.8, 4) is 5.75 Å². The molecule has 2 rings (SSSR count). The van der Waals surface area contributed by atoms with Crippen LogP contribution in [0.5, 0.6) is 5.75 Å². The highest BCUT2D eigenvalue weighted by Crippen LogP contribution is 2.29. The van der Waals surface area contributed by atoms with Crippen molar-refractivity contribution in [2.24, 2.45) is 0 Å². The van der Waals surface area contributed by atoms with Crippen LogP contribution < -0.4 is 0 Å². The summed E-state index contributed by atoms with van der Waals surface area (Å²) in [6.07, 6.45) is 2.44. The van der Waals surface area contributed by atoms with Crippen molar-refractivity contribution in [2.75, 3.05) is 0 Å². The van der Waals surface area contributed by atoms with Gasteiger partial charge in [-0.1, -0.05) is 12.1 Å². The Kier molecular flexibility index (Phi) is 3.87. The molecule has 18 heavy (non-hydrogen) atoms. The monoisotopic (exact) mass is 250 g/mol. The minimum Gasteiger partial charge on any atom is -0.507 e. The van der Waals surface area contributed by atoms with E-state index in [-0.39, 0.29) is 18.0 Å². The third kappa shape index (κ3) is 2.82. The molecule has 0 amide bonds. The summed E-state index contributed by atoms with van der Waals surface area (Å²) in [5, 5.41) is 18.8. The Balaban J connectivity index is 2.02. The minimum absolute atomic E-state index is 0.0140. The van der Waals surface area contributed by atoms with E-state index in [2.05, 4.69) is 0 Å². The van der Waals surface area contributed by atoms with Crippen molar-refractivity contribution in [1.29, 1.82) is 0 Å². The van der Waals surface area contributed by atoms with E-state index in [1.165, 1.54) is 6.07 Å². The second kappa shape index (κ2) is 5.40. The zero-order valence-corrected chi connectivity index (χ0v) is 10.4. The first-order valence-corrected chi connectivity index (χ1v) is 6.28. The summed E-state index contributed by atoms with van der Waals surface area (Å²) in [7, 11) is 0. The lowest BCUT2D eigenvalue weighted by Gasteiger charge is -2.25. The molecule has 4 nitrogen and oxygen atoms in total. The predicted molar refractivity (Wildman–Crippen MR) is 66.5 cm³/mol. The van der Waals surface area contributed by atoms with Gasteiger partial charge in [0.05, 0.1) is 6.10 Å². The number of hydrogen-bond donors (Lipinski definition) is 2. The van der Waals surface area contributed by atoms with Gasteiger partial charge in [-0.05, 0) is 37.8 Å². The van der Waals surface area contributed by atoms with Gasteiger partial charge in [-0.2, -0.15) is 0 Å². The van der Waals surface area contributed by atoms with Gasteiger partial charge in [0.15, 0.2) is 0 Å². The number of phenols is 1. The van der Waals surface area contributed by atoms with E-state index >= 15 is 0 Å². The van der Waals surface area contributed by atoms with E-state index in [0.29, 0.717) is 18.4 Å². The Morgan fingerprint density at radius 3 is 3.00 bits per heavy atom. The van der Waals surface area contributed by atoms with Gasteiger partial charge in [0, 0.05) is 6.42 Å². The normalized spacial score (nSPS) is 20.1. The van der Waals surface area contributed by atoms with Gasteiger partial charge in [0.2, 0.25) is 0 Å². The molecule has 0 unspecified atom stereocenters. The van der Waals surface area contributed by atoms with Crippen LogP contribution in [0.15, 0.2) is 18.2 Å².